The lowest BCUT2D eigenvalue weighted by Gasteiger charge is -2.16. The summed E-state index contributed by atoms with van der Waals surface area (Å²) in [6, 6.07) is 2.01. The third-order valence-electron chi connectivity index (χ3n) is 2.20. The van der Waals surface area contributed by atoms with Gasteiger partial charge in [0.2, 0.25) is 0 Å². The molecule has 0 aromatic carbocycles. The van der Waals surface area contributed by atoms with Crippen LogP contribution in [-0.4, -0.2) is 0 Å². The fraction of sp³-hybridized carbons (Fsp3) is 0.556. The van der Waals surface area contributed by atoms with Gasteiger partial charge in [0.05, 0.1) is 5.02 Å². The molecular weight excluding hydrogens is 225 g/mol. The first-order valence-corrected chi connectivity index (χ1v) is 5.41. The number of hydrogen-bond donors (Lipinski definition) is 1. The Morgan fingerprint density at radius 2 is 2.23 bits per heavy atom. The molecule has 0 bridgehead atoms. The second-order valence-corrected chi connectivity index (χ2v) is 4.40. The molecule has 0 aliphatic rings. The van der Waals surface area contributed by atoms with E-state index < -0.39 is 0 Å². The standard InChI is InChI=1S/C9H14ClNS.ClH/c1-3-6(2)8(11)9-7(10)4-5-12-9;/h4-6,8H,3,11H2,1-2H3;1H/t6?,8-;/m0./s1. The van der Waals surface area contributed by atoms with E-state index in [1.807, 2.05) is 11.4 Å². The molecule has 1 aromatic rings. The molecule has 2 N–H and O–H groups in total. The lowest BCUT2D eigenvalue weighted by Crippen LogP contribution is -2.17. The Hall–Kier alpha value is 0.240. The molecule has 1 nitrogen and oxygen atoms in total. The van der Waals surface area contributed by atoms with Crippen LogP contribution in [0.15, 0.2) is 11.4 Å². The molecular formula is C9H15Cl2NS. The second kappa shape index (κ2) is 5.86. The van der Waals surface area contributed by atoms with Gasteiger partial charge in [0.25, 0.3) is 0 Å². The molecule has 0 saturated heterocycles. The molecule has 1 heterocycles. The highest BCUT2D eigenvalue weighted by molar-refractivity contribution is 7.10. The van der Waals surface area contributed by atoms with Crippen LogP contribution in [0.3, 0.4) is 0 Å². The first-order chi connectivity index (χ1) is 5.66. The minimum Gasteiger partial charge on any atom is -0.323 e. The van der Waals surface area contributed by atoms with Crippen LogP contribution in [0.5, 0.6) is 0 Å². The van der Waals surface area contributed by atoms with Gasteiger partial charge in [-0.3, -0.25) is 0 Å². The van der Waals surface area contributed by atoms with Crippen molar-refractivity contribution in [3.05, 3.63) is 21.3 Å². The van der Waals surface area contributed by atoms with Crippen LogP contribution in [0.1, 0.15) is 31.2 Å². The van der Waals surface area contributed by atoms with Crippen molar-refractivity contribution in [1.29, 1.82) is 0 Å². The van der Waals surface area contributed by atoms with Gasteiger partial charge in [-0.25, -0.2) is 0 Å². The van der Waals surface area contributed by atoms with Gasteiger partial charge in [0, 0.05) is 10.9 Å². The van der Waals surface area contributed by atoms with E-state index >= 15 is 0 Å². The summed E-state index contributed by atoms with van der Waals surface area (Å²) in [6.07, 6.45) is 1.09. The van der Waals surface area contributed by atoms with Gasteiger partial charge in [-0.1, -0.05) is 31.9 Å². The predicted octanol–water partition coefficient (Wildman–Crippen LogP) is 3.87. The Bertz CT molecular complexity index is 250. The SMILES string of the molecule is CCC(C)[C@H](N)c1sccc1Cl.Cl. The number of halogens is 2. The molecule has 0 amide bonds. The second-order valence-electron chi connectivity index (χ2n) is 3.04. The monoisotopic (exact) mass is 239 g/mol. The average Bonchev–Trinajstić information content (AvgIpc) is 2.48. The van der Waals surface area contributed by atoms with Crippen molar-refractivity contribution >= 4 is 35.3 Å². The highest BCUT2D eigenvalue weighted by atomic mass is 35.5. The largest absolute Gasteiger partial charge is 0.323 e. The first kappa shape index (κ1) is 13.2. The average molecular weight is 240 g/mol. The lowest BCUT2D eigenvalue weighted by atomic mass is 9.99. The van der Waals surface area contributed by atoms with Crippen molar-refractivity contribution < 1.29 is 0 Å². The maximum atomic E-state index is 6.02. The van der Waals surface area contributed by atoms with Crippen molar-refractivity contribution in [3.63, 3.8) is 0 Å². The van der Waals surface area contributed by atoms with E-state index in [4.69, 9.17) is 17.3 Å². The zero-order valence-electron chi connectivity index (χ0n) is 7.79. The summed E-state index contributed by atoms with van der Waals surface area (Å²) in [4.78, 5) is 1.12. The van der Waals surface area contributed by atoms with Crippen LogP contribution in [0, 0.1) is 5.92 Å². The molecule has 0 aliphatic carbocycles. The molecule has 0 fully saturated rings. The van der Waals surface area contributed by atoms with Gasteiger partial charge < -0.3 is 5.73 Å². The van der Waals surface area contributed by atoms with Crippen molar-refractivity contribution in [2.75, 3.05) is 0 Å². The summed E-state index contributed by atoms with van der Waals surface area (Å²) in [5.74, 6) is 0.501. The normalized spacial score (nSPS) is 14.8. The van der Waals surface area contributed by atoms with Gasteiger partial charge in [-0.15, -0.1) is 23.7 Å². The number of nitrogens with two attached hydrogens (primary N) is 1. The van der Waals surface area contributed by atoms with Gasteiger partial charge in [-0.2, -0.15) is 0 Å². The first-order valence-electron chi connectivity index (χ1n) is 4.15. The fourth-order valence-corrected chi connectivity index (χ4v) is 2.37. The summed E-state index contributed by atoms with van der Waals surface area (Å²) in [5.41, 5.74) is 6.02. The summed E-state index contributed by atoms with van der Waals surface area (Å²) >= 11 is 7.61. The van der Waals surface area contributed by atoms with Crippen molar-refractivity contribution in [2.45, 2.75) is 26.3 Å². The van der Waals surface area contributed by atoms with Crippen molar-refractivity contribution in [2.24, 2.45) is 11.7 Å². The zero-order chi connectivity index (χ0) is 9.14. The van der Waals surface area contributed by atoms with E-state index in [2.05, 4.69) is 13.8 Å². The fourth-order valence-electron chi connectivity index (χ4n) is 1.06. The van der Waals surface area contributed by atoms with E-state index in [-0.39, 0.29) is 18.4 Å². The molecule has 76 valence electrons. The van der Waals surface area contributed by atoms with Gasteiger partial charge in [-0.05, 0) is 17.4 Å². The van der Waals surface area contributed by atoms with Crippen LogP contribution in [0.25, 0.3) is 0 Å². The van der Waals surface area contributed by atoms with Crippen molar-refractivity contribution in [1.82, 2.24) is 0 Å². The Balaban J connectivity index is 0.00000144. The topological polar surface area (TPSA) is 26.0 Å². The van der Waals surface area contributed by atoms with Crippen LogP contribution in [-0.2, 0) is 0 Å². The third kappa shape index (κ3) is 3.13. The van der Waals surface area contributed by atoms with Crippen LogP contribution < -0.4 is 5.73 Å². The molecule has 4 heteroatoms. The summed E-state index contributed by atoms with van der Waals surface area (Å²) in [6.45, 7) is 4.30. The number of rotatable bonds is 3. The van der Waals surface area contributed by atoms with E-state index in [1.54, 1.807) is 11.3 Å². The van der Waals surface area contributed by atoms with E-state index in [9.17, 15) is 0 Å². The Morgan fingerprint density at radius 3 is 2.62 bits per heavy atom. The van der Waals surface area contributed by atoms with Crippen LogP contribution >= 0.6 is 35.3 Å². The Morgan fingerprint density at radius 1 is 1.62 bits per heavy atom. The molecule has 0 aliphatic heterocycles. The highest BCUT2D eigenvalue weighted by Gasteiger charge is 2.16. The quantitative estimate of drug-likeness (QED) is 0.852. The summed E-state index contributed by atoms with van der Waals surface area (Å²) in [7, 11) is 0. The number of thiophene rings is 1. The minimum absolute atomic E-state index is 0. The molecule has 2 atom stereocenters. The Kier molecular flexibility index (Phi) is 5.97. The predicted molar refractivity (Wildman–Crippen MR) is 63.0 cm³/mol. The summed E-state index contributed by atoms with van der Waals surface area (Å²) < 4.78 is 0. The van der Waals surface area contributed by atoms with E-state index in [0.717, 1.165) is 16.3 Å². The number of hydrogen-bond acceptors (Lipinski definition) is 2. The van der Waals surface area contributed by atoms with Crippen LogP contribution in [0.2, 0.25) is 5.02 Å². The highest BCUT2D eigenvalue weighted by Crippen LogP contribution is 2.32. The minimum atomic E-state index is 0. The van der Waals surface area contributed by atoms with E-state index in [0.29, 0.717) is 5.92 Å². The molecule has 1 rings (SSSR count). The van der Waals surface area contributed by atoms with Gasteiger partial charge in [0.1, 0.15) is 0 Å². The molecule has 0 spiro atoms. The van der Waals surface area contributed by atoms with E-state index in [1.165, 1.54) is 0 Å². The van der Waals surface area contributed by atoms with Crippen molar-refractivity contribution in [3.8, 4) is 0 Å². The van der Waals surface area contributed by atoms with Gasteiger partial charge >= 0.3 is 0 Å². The molecule has 1 aromatic heterocycles. The molecule has 0 saturated carbocycles. The van der Waals surface area contributed by atoms with Crippen LogP contribution in [0.4, 0.5) is 0 Å². The zero-order valence-corrected chi connectivity index (χ0v) is 10.2. The lowest BCUT2D eigenvalue weighted by molar-refractivity contribution is 0.462. The maximum Gasteiger partial charge on any atom is 0.0561 e. The molecule has 0 radical (unpaired) electrons. The summed E-state index contributed by atoms with van der Waals surface area (Å²) in [5, 5.41) is 2.80. The van der Waals surface area contributed by atoms with Gasteiger partial charge in [0.15, 0.2) is 0 Å². The smallest absolute Gasteiger partial charge is 0.0561 e. The molecule has 13 heavy (non-hydrogen) atoms. The molecule has 1 unspecified atom stereocenters. The Labute approximate surface area is 94.7 Å². The third-order valence-corrected chi connectivity index (χ3v) is 3.66. The maximum absolute atomic E-state index is 6.02.